The van der Waals surface area contributed by atoms with Crippen LogP contribution >= 0.6 is 34.2 Å². The number of nitrogens with one attached hydrogen (secondary N) is 2. The molecule has 4 nitrogen and oxygen atoms in total. The maximum absolute atomic E-state index is 11.4. The average molecular weight is 362 g/mol. The summed E-state index contributed by atoms with van der Waals surface area (Å²) in [7, 11) is 0. The SMILES string of the molecule is O=c1[nH]cnc(Nc2cccc(CCl)c2)c1I. The van der Waals surface area contributed by atoms with Gasteiger partial charge in [-0.3, -0.25) is 4.79 Å². The van der Waals surface area contributed by atoms with Crippen molar-refractivity contribution in [3.63, 3.8) is 0 Å². The molecular formula is C11H9ClIN3O. The van der Waals surface area contributed by atoms with Crippen molar-refractivity contribution in [2.75, 3.05) is 5.32 Å². The van der Waals surface area contributed by atoms with Crippen LogP contribution in [0.15, 0.2) is 35.4 Å². The van der Waals surface area contributed by atoms with Crippen molar-refractivity contribution in [2.45, 2.75) is 5.88 Å². The van der Waals surface area contributed by atoms with Gasteiger partial charge in [0.25, 0.3) is 5.56 Å². The van der Waals surface area contributed by atoms with Gasteiger partial charge < -0.3 is 10.3 Å². The second-order valence-electron chi connectivity index (χ2n) is 3.35. The molecule has 0 atom stereocenters. The zero-order chi connectivity index (χ0) is 12.3. The molecule has 2 rings (SSSR count). The standard InChI is InChI=1S/C11H9ClIN3O/c12-5-7-2-1-3-8(4-7)16-10-9(13)11(17)15-6-14-10/h1-4,6H,5H2,(H2,14,15,16,17). The highest BCUT2D eigenvalue weighted by molar-refractivity contribution is 14.1. The van der Waals surface area contributed by atoms with E-state index in [1.165, 1.54) is 6.33 Å². The Morgan fingerprint density at radius 1 is 1.47 bits per heavy atom. The molecule has 0 fully saturated rings. The Labute approximate surface area is 117 Å². The van der Waals surface area contributed by atoms with Crippen molar-refractivity contribution >= 4 is 45.7 Å². The van der Waals surface area contributed by atoms with Gasteiger partial charge in [-0.1, -0.05) is 12.1 Å². The molecular weight excluding hydrogens is 352 g/mol. The monoisotopic (exact) mass is 361 g/mol. The smallest absolute Gasteiger partial charge is 0.266 e. The molecule has 17 heavy (non-hydrogen) atoms. The molecule has 2 aromatic rings. The normalized spacial score (nSPS) is 10.2. The van der Waals surface area contributed by atoms with Crippen molar-refractivity contribution in [1.82, 2.24) is 9.97 Å². The van der Waals surface area contributed by atoms with Gasteiger partial charge in [-0.05, 0) is 40.3 Å². The molecule has 0 spiro atoms. The van der Waals surface area contributed by atoms with Gasteiger partial charge in [-0.2, -0.15) is 0 Å². The highest BCUT2D eigenvalue weighted by Crippen LogP contribution is 2.18. The van der Waals surface area contributed by atoms with Gasteiger partial charge in [0.2, 0.25) is 0 Å². The lowest BCUT2D eigenvalue weighted by Crippen LogP contribution is -2.12. The fraction of sp³-hybridized carbons (Fsp3) is 0.0909. The Morgan fingerprint density at radius 2 is 2.29 bits per heavy atom. The molecule has 1 aromatic heterocycles. The minimum absolute atomic E-state index is 0.156. The first-order valence-corrected chi connectivity index (χ1v) is 6.47. The molecule has 0 saturated carbocycles. The zero-order valence-electron chi connectivity index (χ0n) is 8.71. The molecule has 1 heterocycles. The Balaban J connectivity index is 2.31. The molecule has 0 aliphatic carbocycles. The van der Waals surface area contributed by atoms with Crippen molar-refractivity contribution in [2.24, 2.45) is 0 Å². The predicted octanol–water partition coefficient (Wildman–Crippen LogP) is 2.86. The number of hydrogen-bond acceptors (Lipinski definition) is 3. The van der Waals surface area contributed by atoms with Crippen LogP contribution in [0.3, 0.4) is 0 Å². The number of aromatic nitrogens is 2. The van der Waals surface area contributed by atoms with E-state index in [-0.39, 0.29) is 5.56 Å². The quantitative estimate of drug-likeness (QED) is 0.653. The average Bonchev–Trinajstić information content (AvgIpc) is 2.35. The minimum atomic E-state index is -0.156. The molecule has 0 aliphatic rings. The van der Waals surface area contributed by atoms with Crippen LogP contribution in [0, 0.1) is 3.57 Å². The van der Waals surface area contributed by atoms with Crippen molar-refractivity contribution in [1.29, 1.82) is 0 Å². The van der Waals surface area contributed by atoms with Gasteiger partial charge in [0.1, 0.15) is 3.57 Å². The van der Waals surface area contributed by atoms with Crippen LogP contribution in [0.4, 0.5) is 11.5 Å². The number of hydrogen-bond donors (Lipinski definition) is 2. The number of alkyl halides is 1. The van der Waals surface area contributed by atoms with Gasteiger partial charge in [-0.25, -0.2) is 4.98 Å². The van der Waals surface area contributed by atoms with E-state index in [2.05, 4.69) is 15.3 Å². The highest BCUT2D eigenvalue weighted by Gasteiger charge is 2.05. The van der Waals surface area contributed by atoms with E-state index in [1.807, 2.05) is 46.9 Å². The summed E-state index contributed by atoms with van der Waals surface area (Å²) >= 11 is 7.71. The molecule has 1 aromatic carbocycles. The van der Waals surface area contributed by atoms with Gasteiger partial charge >= 0.3 is 0 Å². The molecule has 0 saturated heterocycles. The Kier molecular flexibility index (Phi) is 4.01. The molecule has 2 N–H and O–H groups in total. The van der Waals surface area contributed by atoms with Crippen LogP contribution < -0.4 is 10.9 Å². The Morgan fingerprint density at radius 3 is 3.06 bits per heavy atom. The van der Waals surface area contributed by atoms with E-state index < -0.39 is 0 Å². The second-order valence-corrected chi connectivity index (χ2v) is 4.70. The largest absolute Gasteiger partial charge is 0.339 e. The van der Waals surface area contributed by atoms with Crippen LogP contribution in [0.1, 0.15) is 5.56 Å². The van der Waals surface area contributed by atoms with Crippen LogP contribution in [0.5, 0.6) is 0 Å². The van der Waals surface area contributed by atoms with E-state index in [0.29, 0.717) is 15.3 Å². The summed E-state index contributed by atoms with van der Waals surface area (Å²) in [6.07, 6.45) is 1.37. The summed E-state index contributed by atoms with van der Waals surface area (Å²) in [4.78, 5) is 18.0. The fourth-order valence-electron chi connectivity index (χ4n) is 1.34. The number of H-pyrrole nitrogens is 1. The number of halogens is 2. The lowest BCUT2D eigenvalue weighted by Gasteiger charge is -2.07. The summed E-state index contributed by atoms with van der Waals surface area (Å²) in [6.45, 7) is 0. The van der Waals surface area contributed by atoms with E-state index in [9.17, 15) is 4.79 Å². The summed E-state index contributed by atoms with van der Waals surface area (Å²) in [5.74, 6) is 0.996. The topological polar surface area (TPSA) is 57.8 Å². The van der Waals surface area contributed by atoms with Gasteiger partial charge in [0, 0.05) is 11.6 Å². The third kappa shape index (κ3) is 2.98. The van der Waals surface area contributed by atoms with E-state index in [4.69, 9.17) is 11.6 Å². The summed E-state index contributed by atoms with van der Waals surface area (Å²) in [5, 5.41) is 3.09. The second kappa shape index (κ2) is 5.50. The molecule has 88 valence electrons. The van der Waals surface area contributed by atoms with Gasteiger partial charge in [-0.15, -0.1) is 11.6 Å². The summed E-state index contributed by atoms with van der Waals surface area (Å²) < 4.78 is 0.529. The Hall–Kier alpha value is -1.08. The number of aromatic amines is 1. The third-order valence-corrected chi connectivity index (χ3v) is 3.45. The zero-order valence-corrected chi connectivity index (χ0v) is 11.6. The maximum atomic E-state index is 11.4. The molecule has 0 amide bonds. The first-order chi connectivity index (χ1) is 8.20. The lowest BCUT2D eigenvalue weighted by atomic mass is 10.2. The van der Waals surface area contributed by atoms with E-state index >= 15 is 0 Å². The number of nitrogens with zero attached hydrogens (tertiary/aromatic N) is 1. The summed E-state index contributed by atoms with van der Waals surface area (Å²) in [5.41, 5.74) is 1.72. The van der Waals surface area contributed by atoms with Crippen molar-refractivity contribution < 1.29 is 0 Å². The van der Waals surface area contributed by atoms with Crippen molar-refractivity contribution in [3.05, 3.63) is 50.1 Å². The molecule has 0 bridgehead atoms. The predicted molar refractivity (Wildman–Crippen MR) is 76.9 cm³/mol. The maximum Gasteiger partial charge on any atom is 0.266 e. The van der Waals surface area contributed by atoms with Gasteiger partial charge in [0.15, 0.2) is 5.82 Å². The van der Waals surface area contributed by atoms with E-state index in [0.717, 1.165) is 11.3 Å². The highest BCUT2D eigenvalue weighted by atomic mass is 127. The third-order valence-electron chi connectivity index (χ3n) is 2.14. The van der Waals surface area contributed by atoms with Crippen LogP contribution in [0.25, 0.3) is 0 Å². The minimum Gasteiger partial charge on any atom is -0.339 e. The molecule has 6 heteroatoms. The number of anilines is 2. The summed E-state index contributed by atoms with van der Waals surface area (Å²) in [6, 6.07) is 7.66. The first kappa shape index (κ1) is 12.4. The van der Waals surface area contributed by atoms with E-state index in [1.54, 1.807) is 0 Å². The first-order valence-electron chi connectivity index (χ1n) is 4.86. The molecule has 0 unspecified atom stereocenters. The molecule has 0 radical (unpaired) electrons. The van der Waals surface area contributed by atoms with Crippen LogP contribution in [0.2, 0.25) is 0 Å². The van der Waals surface area contributed by atoms with Crippen LogP contribution in [-0.4, -0.2) is 9.97 Å². The number of benzene rings is 1. The number of rotatable bonds is 3. The lowest BCUT2D eigenvalue weighted by molar-refractivity contribution is 1.10. The molecule has 0 aliphatic heterocycles. The van der Waals surface area contributed by atoms with Crippen molar-refractivity contribution in [3.8, 4) is 0 Å². The van der Waals surface area contributed by atoms with Crippen LogP contribution in [-0.2, 0) is 5.88 Å². The Bertz CT molecular complexity index is 585. The fourth-order valence-corrected chi connectivity index (χ4v) is 1.94. The van der Waals surface area contributed by atoms with Gasteiger partial charge in [0.05, 0.1) is 6.33 Å².